The maximum Gasteiger partial charge on any atom is 0.254 e. The van der Waals surface area contributed by atoms with Gasteiger partial charge in [-0.05, 0) is 25.1 Å². The highest BCUT2D eigenvalue weighted by atomic mass is 19.1. The molecule has 0 radical (unpaired) electrons. The maximum absolute atomic E-state index is 13.6. The van der Waals surface area contributed by atoms with Crippen molar-refractivity contribution in [2.45, 2.75) is 13.0 Å². The minimum Gasteiger partial charge on any atom is -0.343 e. The molecule has 0 spiro atoms. The summed E-state index contributed by atoms with van der Waals surface area (Å²) < 4.78 is 18.2. The average molecular weight is 286 g/mol. The highest BCUT2D eigenvalue weighted by Gasteiger charge is 2.18. The van der Waals surface area contributed by atoms with Gasteiger partial charge in [0.15, 0.2) is 5.82 Å². The van der Waals surface area contributed by atoms with Crippen LogP contribution >= 0.6 is 0 Å². The third-order valence-electron chi connectivity index (χ3n) is 3.03. The number of benzene rings is 1. The summed E-state index contributed by atoms with van der Waals surface area (Å²) in [7, 11) is 0. The van der Waals surface area contributed by atoms with Crippen LogP contribution in [0.1, 0.15) is 29.1 Å². The summed E-state index contributed by atoms with van der Waals surface area (Å²) in [6.45, 7) is 1.71. The van der Waals surface area contributed by atoms with Gasteiger partial charge < -0.3 is 9.84 Å². The summed E-state index contributed by atoms with van der Waals surface area (Å²) >= 11 is 0. The molecule has 0 fully saturated rings. The monoisotopic (exact) mass is 286 g/mol. The molecule has 1 amide bonds. The molecule has 2 aromatic heterocycles. The molecular formula is C14H11FN4O2. The van der Waals surface area contributed by atoms with Crippen LogP contribution in [-0.4, -0.2) is 21.0 Å². The Balaban J connectivity index is 1.94. The molecule has 1 N–H and O–H groups in total. The van der Waals surface area contributed by atoms with Crippen LogP contribution in [0.15, 0.2) is 41.4 Å². The number of hydrogen-bond acceptors (Lipinski definition) is 5. The van der Waals surface area contributed by atoms with Gasteiger partial charge in [-0.2, -0.15) is 4.98 Å². The molecule has 1 atom stereocenters. The van der Waals surface area contributed by atoms with Gasteiger partial charge in [-0.25, -0.2) is 4.39 Å². The lowest BCUT2D eigenvalue weighted by Crippen LogP contribution is -2.27. The number of halogens is 1. The lowest BCUT2D eigenvalue weighted by Gasteiger charge is -2.11. The number of nitrogens with one attached hydrogen (secondary N) is 1. The van der Waals surface area contributed by atoms with Gasteiger partial charge in [-0.15, -0.1) is 0 Å². The van der Waals surface area contributed by atoms with E-state index >= 15 is 0 Å². The third-order valence-corrected chi connectivity index (χ3v) is 3.03. The Morgan fingerprint density at radius 3 is 3.00 bits per heavy atom. The second kappa shape index (κ2) is 5.28. The van der Waals surface area contributed by atoms with Crippen molar-refractivity contribution in [3.63, 3.8) is 0 Å². The summed E-state index contributed by atoms with van der Waals surface area (Å²) in [6, 6.07) is 5.42. The molecule has 1 aromatic carbocycles. The number of aromatic nitrogens is 3. The topological polar surface area (TPSA) is 80.9 Å². The van der Waals surface area contributed by atoms with E-state index in [1.165, 1.54) is 12.5 Å². The van der Waals surface area contributed by atoms with Crippen LogP contribution in [0.4, 0.5) is 4.39 Å². The fourth-order valence-electron chi connectivity index (χ4n) is 2.04. The van der Waals surface area contributed by atoms with Crippen LogP contribution in [0.3, 0.4) is 0 Å². The molecule has 0 saturated carbocycles. The molecule has 0 aliphatic carbocycles. The number of carbonyl (C=O) groups excluding carboxylic acids is 1. The molecule has 0 saturated heterocycles. The third kappa shape index (κ3) is 2.58. The minimum atomic E-state index is -0.493. The lowest BCUT2D eigenvalue weighted by molar-refractivity contribution is 0.0939. The average Bonchev–Trinajstić information content (AvgIpc) is 3.00. The molecule has 6 nitrogen and oxygen atoms in total. The Hall–Kier alpha value is -2.83. The van der Waals surface area contributed by atoms with Gasteiger partial charge in [0.05, 0.1) is 17.1 Å². The molecule has 0 bridgehead atoms. The van der Waals surface area contributed by atoms with Gasteiger partial charge in [-0.3, -0.25) is 9.78 Å². The Morgan fingerprint density at radius 1 is 1.38 bits per heavy atom. The zero-order chi connectivity index (χ0) is 14.8. The number of rotatable bonds is 3. The minimum absolute atomic E-state index is 0.168. The van der Waals surface area contributed by atoms with E-state index < -0.39 is 17.8 Å². The Bertz CT molecular complexity index is 789. The zero-order valence-electron chi connectivity index (χ0n) is 11.1. The van der Waals surface area contributed by atoms with Gasteiger partial charge in [-0.1, -0.05) is 11.2 Å². The normalized spacial score (nSPS) is 12.3. The first-order valence-corrected chi connectivity index (χ1v) is 6.26. The van der Waals surface area contributed by atoms with Crippen molar-refractivity contribution in [1.82, 2.24) is 20.4 Å². The second-order valence-electron chi connectivity index (χ2n) is 4.51. The molecule has 21 heavy (non-hydrogen) atoms. The molecular weight excluding hydrogens is 275 g/mol. The molecule has 0 aliphatic heterocycles. The summed E-state index contributed by atoms with van der Waals surface area (Å²) in [5, 5.41) is 6.90. The number of pyridine rings is 1. The zero-order valence-corrected chi connectivity index (χ0v) is 11.1. The van der Waals surface area contributed by atoms with Crippen molar-refractivity contribution >= 4 is 16.8 Å². The van der Waals surface area contributed by atoms with E-state index in [2.05, 4.69) is 25.0 Å². The molecule has 7 heteroatoms. The first-order valence-electron chi connectivity index (χ1n) is 6.26. The Kier molecular flexibility index (Phi) is 3.31. The van der Waals surface area contributed by atoms with E-state index in [9.17, 15) is 9.18 Å². The largest absolute Gasteiger partial charge is 0.343 e. The van der Waals surface area contributed by atoms with Crippen molar-refractivity contribution in [1.29, 1.82) is 0 Å². The lowest BCUT2D eigenvalue weighted by atomic mass is 10.1. The molecule has 0 unspecified atom stereocenters. The van der Waals surface area contributed by atoms with Crippen LogP contribution in [-0.2, 0) is 0 Å². The van der Waals surface area contributed by atoms with Crippen LogP contribution in [0.5, 0.6) is 0 Å². The number of fused-ring (bicyclic) bond motifs is 1. The van der Waals surface area contributed by atoms with E-state index in [1.54, 1.807) is 25.3 Å². The second-order valence-corrected chi connectivity index (χ2v) is 4.51. The van der Waals surface area contributed by atoms with E-state index in [1.807, 2.05) is 0 Å². The van der Waals surface area contributed by atoms with Gasteiger partial charge in [0.2, 0.25) is 6.39 Å². The Morgan fingerprint density at radius 2 is 2.24 bits per heavy atom. The van der Waals surface area contributed by atoms with Crippen molar-refractivity contribution in [3.05, 3.63) is 54.1 Å². The number of hydrogen-bond donors (Lipinski definition) is 1. The number of carbonyl (C=O) groups is 1. The number of nitrogens with zero attached hydrogens (tertiary/aromatic N) is 3. The van der Waals surface area contributed by atoms with E-state index in [-0.39, 0.29) is 5.56 Å². The van der Waals surface area contributed by atoms with E-state index in [0.29, 0.717) is 16.7 Å². The smallest absolute Gasteiger partial charge is 0.254 e. The first-order chi connectivity index (χ1) is 10.1. The van der Waals surface area contributed by atoms with Crippen LogP contribution in [0, 0.1) is 5.82 Å². The predicted octanol–water partition coefficient (Wildman–Crippen LogP) is 2.25. The van der Waals surface area contributed by atoms with Crippen LogP contribution in [0.25, 0.3) is 10.9 Å². The van der Waals surface area contributed by atoms with Crippen molar-refractivity contribution in [2.24, 2.45) is 0 Å². The number of amides is 1. The summed E-state index contributed by atoms with van der Waals surface area (Å²) in [6.07, 6.45) is 2.73. The SMILES string of the molecule is C[C@H](NC(=O)c1cc(F)cc2cccnc12)c1ncon1. The Labute approximate surface area is 119 Å². The fraction of sp³-hybridized carbons (Fsp3) is 0.143. The summed E-state index contributed by atoms with van der Waals surface area (Å²) in [5.74, 6) is -0.597. The van der Waals surface area contributed by atoms with Crippen LogP contribution < -0.4 is 5.32 Å². The van der Waals surface area contributed by atoms with Crippen molar-refractivity contribution < 1.29 is 13.7 Å². The van der Waals surface area contributed by atoms with E-state index in [0.717, 1.165) is 6.07 Å². The van der Waals surface area contributed by atoms with Crippen molar-refractivity contribution in [3.8, 4) is 0 Å². The molecule has 3 aromatic rings. The fourth-order valence-corrected chi connectivity index (χ4v) is 2.04. The van der Waals surface area contributed by atoms with Crippen molar-refractivity contribution in [2.75, 3.05) is 0 Å². The van der Waals surface area contributed by atoms with Gasteiger partial charge in [0.25, 0.3) is 5.91 Å². The standard InChI is InChI=1S/C14H11FN4O2/c1-8(13-17-7-21-19-13)18-14(20)11-6-10(15)5-9-3-2-4-16-12(9)11/h2-8H,1H3,(H,18,20)/t8-/m0/s1. The quantitative estimate of drug-likeness (QED) is 0.798. The molecule has 0 aliphatic rings. The maximum atomic E-state index is 13.6. The molecule has 2 heterocycles. The van der Waals surface area contributed by atoms with Gasteiger partial charge in [0.1, 0.15) is 5.82 Å². The molecule has 106 valence electrons. The summed E-state index contributed by atoms with van der Waals surface area (Å²) in [5.41, 5.74) is 0.609. The summed E-state index contributed by atoms with van der Waals surface area (Å²) in [4.78, 5) is 20.3. The van der Waals surface area contributed by atoms with E-state index in [4.69, 9.17) is 0 Å². The van der Waals surface area contributed by atoms with Gasteiger partial charge in [0, 0.05) is 11.6 Å². The highest BCUT2D eigenvalue weighted by molar-refractivity contribution is 6.05. The predicted molar refractivity (Wildman–Crippen MR) is 71.9 cm³/mol. The van der Waals surface area contributed by atoms with Gasteiger partial charge >= 0.3 is 0 Å². The highest BCUT2D eigenvalue weighted by Crippen LogP contribution is 2.19. The first kappa shape index (κ1) is 13.2. The molecule has 3 rings (SSSR count). The van der Waals surface area contributed by atoms with Crippen LogP contribution in [0.2, 0.25) is 0 Å².